The number of nitrogens with zero attached hydrogens (tertiary/aromatic N) is 3. The fourth-order valence-corrected chi connectivity index (χ4v) is 2.45. The molecule has 9 nitrogen and oxygen atoms in total. The Morgan fingerprint density at radius 1 is 1.03 bits per heavy atom. The van der Waals surface area contributed by atoms with Crippen LogP contribution in [0.3, 0.4) is 0 Å². The van der Waals surface area contributed by atoms with Gasteiger partial charge in [-0.3, -0.25) is 20.1 Å². The Morgan fingerprint density at radius 2 is 1.90 bits per heavy atom. The van der Waals surface area contributed by atoms with Crippen LogP contribution in [0.2, 0.25) is 0 Å². The molecule has 9 heteroatoms. The Balaban J connectivity index is 1.61. The molecule has 0 radical (unpaired) electrons. The van der Waals surface area contributed by atoms with Crippen molar-refractivity contribution >= 4 is 23.4 Å². The van der Waals surface area contributed by atoms with E-state index in [-0.39, 0.29) is 12.5 Å². The normalized spacial score (nSPS) is 10.1. The molecule has 1 aromatic carbocycles. The minimum atomic E-state index is -0.474. The predicted molar refractivity (Wildman–Crippen MR) is 108 cm³/mol. The van der Waals surface area contributed by atoms with E-state index in [0.29, 0.717) is 22.9 Å². The van der Waals surface area contributed by atoms with Crippen LogP contribution in [-0.4, -0.2) is 34.0 Å². The summed E-state index contributed by atoms with van der Waals surface area (Å²) >= 11 is 0. The standard InChI is InChI=1S/C20H20N6O3/c1-13-10-23-18(12-22-13)26-20(28)25-15-7-6-14(9-17(15)29-2)11-24-19(27)16-5-3-4-8-21-16/h3-10,12H,11H2,1-2H3,(H,24,27)(H2,23,25,26,28). The van der Waals surface area contributed by atoms with Crippen molar-refractivity contribution in [3.05, 3.63) is 71.9 Å². The molecule has 3 N–H and O–H groups in total. The van der Waals surface area contributed by atoms with Crippen LogP contribution < -0.4 is 20.7 Å². The lowest BCUT2D eigenvalue weighted by atomic mass is 10.2. The molecule has 0 spiro atoms. The summed E-state index contributed by atoms with van der Waals surface area (Å²) in [5, 5.41) is 8.09. The summed E-state index contributed by atoms with van der Waals surface area (Å²) in [7, 11) is 1.50. The van der Waals surface area contributed by atoms with Gasteiger partial charge in [0.05, 0.1) is 30.9 Å². The second-order valence-corrected chi connectivity index (χ2v) is 6.05. The van der Waals surface area contributed by atoms with Crippen molar-refractivity contribution in [2.24, 2.45) is 0 Å². The van der Waals surface area contributed by atoms with Gasteiger partial charge >= 0.3 is 6.03 Å². The van der Waals surface area contributed by atoms with Crippen molar-refractivity contribution < 1.29 is 14.3 Å². The molecule has 0 aliphatic rings. The van der Waals surface area contributed by atoms with E-state index in [4.69, 9.17) is 4.74 Å². The highest BCUT2D eigenvalue weighted by Gasteiger charge is 2.11. The minimum Gasteiger partial charge on any atom is -0.495 e. The number of methoxy groups -OCH3 is 1. The lowest BCUT2D eigenvalue weighted by molar-refractivity contribution is 0.0946. The SMILES string of the molecule is COc1cc(CNC(=O)c2ccccn2)ccc1NC(=O)Nc1cnc(C)cn1. The highest BCUT2D eigenvalue weighted by atomic mass is 16.5. The third-order valence-corrected chi connectivity index (χ3v) is 3.89. The first kappa shape index (κ1) is 19.7. The van der Waals surface area contributed by atoms with Gasteiger partial charge < -0.3 is 15.4 Å². The summed E-state index contributed by atoms with van der Waals surface area (Å²) in [4.78, 5) is 36.4. The van der Waals surface area contributed by atoms with Gasteiger partial charge in [0.1, 0.15) is 11.4 Å². The van der Waals surface area contributed by atoms with E-state index in [2.05, 4.69) is 30.9 Å². The second-order valence-electron chi connectivity index (χ2n) is 6.05. The van der Waals surface area contributed by atoms with Gasteiger partial charge in [-0.15, -0.1) is 0 Å². The molecule has 0 aliphatic heterocycles. The predicted octanol–water partition coefficient (Wildman–Crippen LogP) is 2.76. The van der Waals surface area contributed by atoms with Crippen LogP contribution in [0.4, 0.5) is 16.3 Å². The first-order valence-corrected chi connectivity index (χ1v) is 8.78. The number of aryl methyl sites for hydroxylation is 1. The molecule has 0 saturated carbocycles. The van der Waals surface area contributed by atoms with Crippen LogP contribution >= 0.6 is 0 Å². The van der Waals surface area contributed by atoms with Gasteiger partial charge in [-0.1, -0.05) is 12.1 Å². The first-order valence-electron chi connectivity index (χ1n) is 8.78. The summed E-state index contributed by atoms with van der Waals surface area (Å²) < 4.78 is 5.35. The molecule has 3 aromatic rings. The number of ether oxygens (including phenoxy) is 1. The fourth-order valence-electron chi connectivity index (χ4n) is 2.45. The molecule has 0 atom stereocenters. The summed E-state index contributed by atoms with van der Waals surface area (Å²) in [5.74, 6) is 0.519. The van der Waals surface area contributed by atoms with Gasteiger partial charge in [0.15, 0.2) is 5.82 Å². The van der Waals surface area contributed by atoms with Gasteiger partial charge in [0, 0.05) is 12.7 Å². The van der Waals surface area contributed by atoms with E-state index < -0.39 is 6.03 Å². The lowest BCUT2D eigenvalue weighted by Gasteiger charge is -2.13. The summed E-state index contributed by atoms with van der Waals surface area (Å²) in [5.41, 5.74) is 2.38. The molecule has 0 unspecified atom stereocenters. The van der Waals surface area contributed by atoms with Crippen LogP contribution in [0.1, 0.15) is 21.7 Å². The molecule has 29 heavy (non-hydrogen) atoms. The number of nitrogens with one attached hydrogen (secondary N) is 3. The number of aromatic nitrogens is 3. The Hall–Kier alpha value is -4.01. The van der Waals surface area contributed by atoms with Crippen molar-refractivity contribution in [2.75, 3.05) is 17.7 Å². The van der Waals surface area contributed by atoms with Gasteiger partial charge in [-0.25, -0.2) is 9.78 Å². The van der Waals surface area contributed by atoms with E-state index in [1.807, 2.05) is 6.92 Å². The monoisotopic (exact) mass is 392 g/mol. The Labute approximate surface area is 167 Å². The molecular weight excluding hydrogens is 372 g/mol. The smallest absolute Gasteiger partial charge is 0.324 e. The Bertz CT molecular complexity index is 993. The molecule has 148 valence electrons. The van der Waals surface area contributed by atoms with Crippen molar-refractivity contribution in [1.82, 2.24) is 20.3 Å². The number of pyridine rings is 1. The number of carbonyl (C=O) groups is 2. The van der Waals surface area contributed by atoms with Crippen molar-refractivity contribution in [1.29, 1.82) is 0 Å². The number of benzene rings is 1. The zero-order chi connectivity index (χ0) is 20.6. The number of urea groups is 1. The van der Waals surface area contributed by atoms with Crippen molar-refractivity contribution in [2.45, 2.75) is 13.5 Å². The molecule has 3 rings (SSSR count). The van der Waals surface area contributed by atoms with Gasteiger partial charge in [-0.05, 0) is 36.8 Å². The molecule has 0 bridgehead atoms. The number of hydrogen-bond donors (Lipinski definition) is 3. The third-order valence-electron chi connectivity index (χ3n) is 3.89. The van der Waals surface area contributed by atoms with E-state index in [1.54, 1.807) is 48.8 Å². The van der Waals surface area contributed by atoms with Crippen LogP contribution in [0.5, 0.6) is 5.75 Å². The maximum absolute atomic E-state index is 12.2. The maximum Gasteiger partial charge on any atom is 0.324 e. The molecule has 0 aliphatic carbocycles. The molecular formula is C20H20N6O3. The van der Waals surface area contributed by atoms with Crippen LogP contribution in [-0.2, 0) is 6.54 Å². The number of hydrogen-bond acceptors (Lipinski definition) is 6. The highest BCUT2D eigenvalue weighted by molar-refractivity contribution is 6.00. The molecule has 2 heterocycles. The molecule has 2 aromatic heterocycles. The first-order chi connectivity index (χ1) is 14.0. The second kappa shape index (κ2) is 9.27. The van der Waals surface area contributed by atoms with Gasteiger partial charge in [0.2, 0.25) is 0 Å². The number of anilines is 2. The van der Waals surface area contributed by atoms with E-state index >= 15 is 0 Å². The topological polar surface area (TPSA) is 118 Å². The zero-order valence-electron chi connectivity index (χ0n) is 16.0. The maximum atomic E-state index is 12.2. The largest absolute Gasteiger partial charge is 0.495 e. The van der Waals surface area contributed by atoms with E-state index in [1.165, 1.54) is 13.3 Å². The average molecular weight is 392 g/mol. The summed E-state index contributed by atoms with van der Waals surface area (Å²) in [6, 6.07) is 9.87. The number of amides is 3. The fraction of sp³-hybridized carbons (Fsp3) is 0.150. The van der Waals surface area contributed by atoms with Crippen LogP contribution in [0.25, 0.3) is 0 Å². The minimum absolute atomic E-state index is 0.273. The Morgan fingerprint density at radius 3 is 2.59 bits per heavy atom. The summed E-state index contributed by atoms with van der Waals surface area (Å²) in [6.07, 6.45) is 4.59. The third kappa shape index (κ3) is 5.48. The van der Waals surface area contributed by atoms with Gasteiger partial charge in [-0.2, -0.15) is 0 Å². The van der Waals surface area contributed by atoms with Crippen LogP contribution in [0, 0.1) is 6.92 Å². The van der Waals surface area contributed by atoms with E-state index in [0.717, 1.165) is 11.3 Å². The summed E-state index contributed by atoms with van der Waals surface area (Å²) in [6.45, 7) is 2.10. The van der Waals surface area contributed by atoms with E-state index in [9.17, 15) is 9.59 Å². The molecule has 3 amide bonds. The van der Waals surface area contributed by atoms with Crippen molar-refractivity contribution in [3.8, 4) is 5.75 Å². The van der Waals surface area contributed by atoms with Gasteiger partial charge in [0.25, 0.3) is 5.91 Å². The van der Waals surface area contributed by atoms with Crippen molar-refractivity contribution in [3.63, 3.8) is 0 Å². The average Bonchev–Trinajstić information content (AvgIpc) is 2.75. The highest BCUT2D eigenvalue weighted by Crippen LogP contribution is 2.25. The zero-order valence-corrected chi connectivity index (χ0v) is 16.0. The lowest BCUT2D eigenvalue weighted by Crippen LogP contribution is -2.24. The Kier molecular flexibility index (Phi) is 6.31. The number of rotatable bonds is 6. The molecule has 0 saturated heterocycles. The van der Waals surface area contributed by atoms with Crippen LogP contribution in [0.15, 0.2) is 55.0 Å². The molecule has 0 fully saturated rings. The quantitative estimate of drug-likeness (QED) is 0.594. The number of carbonyl (C=O) groups excluding carboxylic acids is 2.